The Kier molecular flexibility index (Phi) is 5.25. The standard InChI is InChI=1S/C19H23Cl/c1-4-16-7-5-6-8-18(16)19(20)17-11-9-15(10-12-17)13-14(2)3/h5-12,14,19H,4,13H2,1-3H3. The van der Waals surface area contributed by atoms with Crippen LogP contribution in [0.2, 0.25) is 0 Å². The van der Waals surface area contributed by atoms with E-state index in [1.54, 1.807) is 0 Å². The third kappa shape index (κ3) is 3.64. The van der Waals surface area contributed by atoms with Gasteiger partial charge in [0.1, 0.15) is 0 Å². The van der Waals surface area contributed by atoms with Gasteiger partial charge in [-0.1, -0.05) is 69.3 Å². The molecule has 0 aromatic heterocycles. The molecule has 0 aliphatic heterocycles. The lowest BCUT2D eigenvalue weighted by Crippen LogP contribution is -1.99. The number of aryl methyl sites for hydroxylation is 1. The predicted octanol–water partition coefficient (Wildman–Crippen LogP) is 5.78. The Hall–Kier alpha value is -1.27. The molecule has 0 radical (unpaired) electrons. The summed E-state index contributed by atoms with van der Waals surface area (Å²) in [6.07, 6.45) is 2.14. The van der Waals surface area contributed by atoms with Crippen molar-refractivity contribution in [1.82, 2.24) is 0 Å². The first-order chi connectivity index (χ1) is 9.61. The molecule has 0 nitrogen and oxygen atoms in total. The van der Waals surface area contributed by atoms with Crippen LogP contribution in [0.25, 0.3) is 0 Å². The second-order valence-electron chi connectivity index (χ2n) is 5.75. The van der Waals surface area contributed by atoms with Gasteiger partial charge < -0.3 is 0 Å². The summed E-state index contributed by atoms with van der Waals surface area (Å²) in [5.41, 5.74) is 5.13. The van der Waals surface area contributed by atoms with E-state index >= 15 is 0 Å². The topological polar surface area (TPSA) is 0 Å². The van der Waals surface area contributed by atoms with Crippen LogP contribution in [0.15, 0.2) is 48.5 Å². The minimum Gasteiger partial charge on any atom is -0.113 e. The number of benzene rings is 2. The zero-order valence-electron chi connectivity index (χ0n) is 12.6. The molecular weight excluding hydrogens is 264 g/mol. The molecule has 2 aromatic rings. The van der Waals surface area contributed by atoms with Gasteiger partial charge in [0, 0.05) is 0 Å². The van der Waals surface area contributed by atoms with Crippen molar-refractivity contribution in [3.8, 4) is 0 Å². The average molecular weight is 287 g/mol. The molecular formula is C19H23Cl. The first-order valence-electron chi connectivity index (χ1n) is 7.42. The fraction of sp³-hybridized carbons (Fsp3) is 0.368. The molecule has 2 aromatic carbocycles. The van der Waals surface area contributed by atoms with Crippen LogP contribution in [0.3, 0.4) is 0 Å². The van der Waals surface area contributed by atoms with Crippen LogP contribution < -0.4 is 0 Å². The second kappa shape index (κ2) is 6.95. The first-order valence-corrected chi connectivity index (χ1v) is 7.86. The Morgan fingerprint density at radius 1 is 0.950 bits per heavy atom. The Balaban J connectivity index is 2.22. The smallest absolute Gasteiger partial charge is 0.0838 e. The molecule has 0 amide bonds. The molecule has 0 saturated heterocycles. The molecule has 0 N–H and O–H groups in total. The molecule has 1 unspecified atom stereocenters. The number of rotatable bonds is 5. The zero-order valence-corrected chi connectivity index (χ0v) is 13.3. The lowest BCUT2D eigenvalue weighted by molar-refractivity contribution is 0.647. The lowest BCUT2D eigenvalue weighted by atomic mass is 9.96. The molecule has 0 bridgehead atoms. The zero-order chi connectivity index (χ0) is 14.5. The normalized spacial score (nSPS) is 12.7. The van der Waals surface area contributed by atoms with Crippen LogP contribution >= 0.6 is 11.6 Å². The number of alkyl halides is 1. The summed E-state index contributed by atoms with van der Waals surface area (Å²) in [7, 11) is 0. The van der Waals surface area contributed by atoms with Gasteiger partial charge in [-0.2, -0.15) is 0 Å². The van der Waals surface area contributed by atoms with Gasteiger partial charge in [0.05, 0.1) is 5.38 Å². The molecule has 106 valence electrons. The molecule has 2 rings (SSSR count). The van der Waals surface area contributed by atoms with Crippen molar-refractivity contribution in [1.29, 1.82) is 0 Å². The summed E-state index contributed by atoms with van der Waals surface area (Å²) >= 11 is 6.67. The largest absolute Gasteiger partial charge is 0.113 e. The van der Waals surface area contributed by atoms with Gasteiger partial charge in [-0.05, 0) is 41.0 Å². The maximum absolute atomic E-state index is 6.67. The number of halogens is 1. The van der Waals surface area contributed by atoms with Gasteiger partial charge in [0.2, 0.25) is 0 Å². The highest BCUT2D eigenvalue weighted by Gasteiger charge is 2.13. The van der Waals surface area contributed by atoms with Crippen LogP contribution in [-0.4, -0.2) is 0 Å². The van der Waals surface area contributed by atoms with Gasteiger partial charge in [0.25, 0.3) is 0 Å². The van der Waals surface area contributed by atoms with Crippen LogP contribution in [0.1, 0.15) is 48.4 Å². The molecule has 0 fully saturated rings. The van der Waals surface area contributed by atoms with Crippen LogP contribution in [0, 0.1) is 5.92 Å². The summed E-state index contributed by atoms with van der Waals surface area (Å²) in [5.74, 6) is 0.688. The van der Waals surface area contributed by atoms with Crippen molar-refractivity contribution in [3.63, 3.8) is 0 Å². The molecule has 0 spiro atoms. The van der Waals surface area contributed by atoms with Gasteiger partial charge in [-0.25, -0.2) is 0 Å². The lowest BCUT2D eigenvalue weighted by Gasteiger charge is -2.15. The number of hydrogen-bond acceptors (Lipinski definition) is 0. The summed E-state index contributed by atoms with van der Waals surface area (Å²) in [4.78, 5) is 0. The fourth-order valence-electron chi connectivity index (χ4n) is 2.58. The van der Waals surface area contributed by atoms with E-state index in [-0.39, 0.29) is 5.38 Å². The van der Waals surface area contributed by atoms with Gasteiger partial charge in [0.15, 0.2) is 0 Å². The number of hydrogen-bond donors (Lipinski definition) is 0. The summed E-state index contributed by atoms with van der Waals surface area (Å²) < 4.78 is 0. The predicted molar refractivity (Wildman–Crippen MR) is 88.5 cm³/mol. The third-order valence-corrected chi connectivity index (χ3v) is 4.11. The average Bonchev–Trinajstić information content (AvgIpc) is 2.46. The van der Waals surface area contributed by atoms with Crippen molar-refractivity contribution in [2.24, 2.45) is 5.92 Å². The molecule has 1 atom stereocenters. The summed E-state index contributed by atoms with van der Waals surface area (Å²) in [6, 6.07) is 17.2. The minimum atomic E-state index is -0.0563. The van der Waals surface area contributed by atoms with E-state index in [9.17, 15) is 0 Å². The molecule has 0 heterocycles. The van der Waals surface area contributed by atoms with Crippen molar-refractivity contribution in [2.45, 2.75) is 39.0 Å². The van der Waals surface area contributed by atoms with Crippen molar-refractivity contribution < 1.29 is 0 Å². The van der Waals surface area contributed by atoms with Gasteiger partial charge in [-0.15, -0.1) is 11.6 Å². The SMILES string of the molecule is CCc1ccccc1C(Cl)c1ccc(CC(C)C)cc1. The highest BCUT2D eigenvalue weighted by molar-refractivity contribution is 6.22. The maximum atomic E-state index is 6.67. The van der Waals surface area contributed by atoms with E-state index in [1.165, 1.54) is 22.3 Å². The quantitative estimate of drug-likeness (QED) is 0.612. The molecule has 0 saturated carbocycles. The highest BCUT2D eigenvalue weighted by atomic mass is 35.5. The Morgan fingerprint density at radius 3 is 2.20 bits per heavy atom. The van der Waals surface area contributed by atoms with Crippen molar-refractivity contribution >= 4 is 11.6 Å². The van der Waals surface area contributed by atoms with Crippen LogP contribution in [-0.2, 0) is 12.8 Å². The van der Waals surface area contributed by atoms with Gasteiger partial charge in [-0.3, -0.25) is 0 Å². The van der Waals surface area contributed by atoms with E-state index < -0.39 is 0 Å². The Morgan fingerprint density at radius 2 is 1.60 bits per heavy atom. The van der Waals surface area contributed by atoms with E-state index in [0.29, 0.717) is 5.92 Å². The molecule has 1 heteroatoms. The first kappa shape index (κ1) is 15.1. The van der Waals surface area contributed by atoms with E-state index in [2.05, 4.69) is 69.3 Å². The molecule has 0 aliphatic rings. The van der Waals surface area contributed by atoms with Gasteiger partial charge >= 0.3 is 0 Å². The highest BCUT2D eigenvalue weighted by Crippen LogP contribution is 2.31. The monoisotopic (exact) mass is 286 g/mol. The third-order valence-electron chi connectivity index (χ3n) is 3.63. The van der Waals surface area contributed by atoms with Crippen molar-refractivity contribution in [3.05, 3.63) is 70.8 Å². The van der Waals surface area contributed by atoms with E-state index in [4.69, 9.17) is 11.6 Å². The van der Waals surface area contributed by atoms with E-state index in [0.717, 1.165) is 12.8 Å². The second-order valence-corrected chi connectivity index (χ2v) is 6.19. The molecule has 20 heavy (non-hydrogen) atoms. The Bertz CT molecular complexity index is 540. The van der Waals surface area contributed by atoms with Crippen LogP contribution in [0.5, 0.6) is 0 Å². The fourth-order valence-corrected chi connectivity index (χ4v) is 2.94. The Labute approximate surface area is 127 Å². The summed E-state index contributed by atoms with van der Waals surface area (Å²) in [5, 5.41) is -0.0563. The molecule has 0 aliphatic carbocycles. The maximum Gasteiger partial charge on any atom is 0.0838 e. The van der Waals surface area contributed by atoms with Crippen molar-refractivity contribution in [2.75, 3.05) is 0 Å². The van der Waals surface area contributed by atoms with E-state index in [1.807, 2.05) is 0 Å². The minimum absolute atomic E-state index is 0.0563. The summed E-state index contributed by atoms with van der Waals surface area (Å²) in [6.45, 7) is 6.67. The van der Waals surface area contributed by atoms with Crippen LogP contribution in [0.4, 0.5) is 0 Å².